The number of aryl methyl sites for hydroxylation is 1. The van der Waals surface area contributed by atoms with E-state index in [1.54, 1.807) is 16.0 Å². The zero-order valence-corrected chi connectivity index (χ0v) is 16.6. The molecule has 4 aromatic heterocycles. The lowest BCUT2D eigenvalue weighted by atomic mass is 10.2. The third-order valence-corrected chi connectivity index (χ3v) is 5.43. The molecule has 0 N–H and O–H groups in total. The van der Waals surface area contributed by atoms with Crippen molar-refractivity contribution >= 4 is 11.3 Å². The predicted molar refractivity (Wildman–Crippen MR) is 107 cm³/mol. The quantitative estimate of drug-likeness (QED) is 0.429. The summed E-state index contributed by atoms with van der Waals surface area (Å²) in [6.45, 7) is 4.25. The molecular weight excluding hydrogens is 388 g/mol. The SMILES string of the molecule is Cc1oc(-c2ccccc2)nc1Cn1nnc(-c2nc(-c3cccs3)no2)c1C. The largest absolute Gasteiger partial charge is 0.441 e. The predicted octanol–water partition coefficient (Wildman–Crippen LogP) is 4.38. The van der Waals surface area contributed by atoms with Gasteiger partial charge in [0.15, 0.2) is 5.69 Å². The maximum atomic E-state index is 5.84. The van der Waals surface area contributed by atoms with Crippen molar-refractivity contribution in [1.29, 1.82) is 0 Å². The van der Waals surface area contributed by atoms with Gasteiger partial charge < -0.3 is 8.94 Å². The Balaban J connectivity index is 1.42. The topological polar surface area (TPSA) is 95.7 Å². The second kappa shape index (κ2) is 7.10. The lowest BCUT2D eigenvalue weighted by Gasteiger charge is -2.00. The van der Waals surface area contributed by atoms with E-state index in [4.69, 9.17) is 8.94 Å². The highest BCUT2D eigenvalue weighted by molar-refractivity contribution is 7.13. The maximum Gasteiger partial charge on any atom is 0.280 e. The van der Waals surface area contributed by atoms with Crippen molar-refractivity contribution in [2.24, 2.45) is 0 Å². The Bertz CT molecular complexity index is 1250. The molecular formula is C20H16N6O2S. The fourth-order valence-corrected chi connectivity index (χ4v) is 3.60. The molecule has 0 saturated heterocycles. The fraction of sp³-hybridized carbons (Fsp3) is 0.150. The summed E-state index contributed by atoms with van der Waals surface area (Å²) < 4.78 is 13.0. The molecule has 0 spiro atoms. The summed E-state index contributed by atoms with van der Waals surface area (Å²) in [5.74, 6) is 2.23. The fourth-order valence-electron chi connectivity index (χ4n) is 2.95. The van der Waals surface area contributed by atoms with Gasteiger partial charge in [-0.15, -0.1) is 16.4 Å². The zero-order chi connectivity index (χ0) is 19.8. The Labute approximate surface area is 169 Å². The van der Waals surface area contributed by atoms with Crippen molar-refractivity contribution in [2.75, 3.05) is 0 Å². The first-order valence-corrected chi connectivity index (χ1v) is 9.87. The third-order valence-electron chi connectivity index (χ3n) is 4.57. The molecule has 5 rings (SSSR count). The summed E-state index contributed by atoms with van der Waals surface area (Å²) in [4.78, 5) is 10.0. The molecule has 0 aliphatic carbocycles. The molecule has 0 saturated carbocycles. The Morgan fingerprint density at radius 1 is 1.00 bits per heavy atom. The van der Waals surface area contributed by atoms with Crippen LogP contribution in [0.2, 0.25) is 0 Å². The zero-order valence-electron chi connectivity index (χ0n) is 15.7. The van der Waals surface area contributed by atoms with E-state index in [1.807, 2.05) is 61.7 Å². The molecule has 0 aliphatic rings. The van der Waals surface area contributed by atoms with E-state index in [9.17, 15) is 0 Å². The minimum absolute atomic E-state index is 0.346. The normalized spacial score (nSPS) is 11.2. The van der Waals surface area contributed by atoms with Gasteiger partial charge in [-0.2, -0.15) is 4.98 Å². The first-order chi connectivity index (χ1) is 14.2. The van der Waals surface area contributed by atoms with Crippen molar-refractivity contribution in [1.82, 2.24) is 30.1 Å². The summed E-state index contributed by atoms with van der Waals surface area (Å²) >= 11 is 1.55. The van der Waals surface area contributed by atoms with Crippen molar-refractivity contribution < 1.29 is 8.94 Å². The lowest BCUT2D eigenvalue weighted by Crippen LogP contribution is -2.05. The van der Waals surface area contributed by atoms with Crippen LogP contribution in [-0.4, -0.2) is 30.1 Å². The summed E-state index contributed by atoms with van der Waals surface area (Å²) in [5.41, 5.74) is 3.11. The van der Waals surface area contributed by atoms with Gasteiger partial charge in [0, 0.05) is 5.56 Å². The molecule has 0 bridgehead atoms. The van der Waals surface area contributed by atoms with Crippen LogP contribution in [-0.2, 0) is 6.54 Å². The number of thiophene rings is 1. The Morgan fingerprint density at radius 2 is 1.86 bits per heavy atom. The summed E-state index contributed by atoms with van der Waals surface area (Å²) in [6, 6.07) is 13.7. The maximum absolute atomic E-state index is 5.84. The van der Waals surface area contributed by atoms with Gasteiger partial charge >= 0.3 is 0 Å². The number of hydrogen-bond donors (Lipinski definition) is 0. The van der Waals surface area contributed by atoms with Gasteiger partial charge in [-0.1, -0.05) is 34.6 Å². The second-order valence-corrected chi connectivity index (χ2v) is 7.42. The van der Waals surface area contributed by atoms with E-state index in [-0.39, 0.29) is 0 Å². The average Bonchev–Trinajstić information content (AvgIpc) is 3.52. The average molecular weight is 404 g/mol. The van der Waals surface area contributed by atoms with Gasteiger partial charge in [0.2, 0.25) is 11.7 Å². The van der Waals surface area contributed by atoms with Crippen molar-refractivity contribution in [3.05, 3.63) is 65.0 Å². The first kappa shape index (κ1) is 17.5. The van der Waals surface area contributed by atoms with E-state index >= 15 is 0 Å². The summed E-state index contributed by atoms with van der Waals surface area (Å²) in [5, 5.41) is 14.5. The number of rotatable bonds is 5. The van der Waals surface area contributed by atoms with Crippen LogP contribution in [0.5, 0.6) is 0 Å². The molecule has 0 fully saturated rings. The minimum Gasteiger partial charge on any atom is -0.441 e. The van der Waals surface area contributed by atoms with Crippen LogP contribution in [0, 0.1) is 13.8 Å². The summed E-state index contributed by atoms with van der Waals surface area (Å²) in [7, 11) is 0. The first-order valence-electron chi connectivity index (χ1n) is 8.99. The molecule has 9 heteroatoms. The van der Waals surface area contributed by atoms with Crippen molar-refractivity contribution in [2.45, 2.75) is 20.4 Å². The number of aromatic nitrogens is 6. The Kier molecular flexibility index (Phi) is 4.28. The molecule has 0 unspecified atom stereocenters. The third kappa shape index (κ3) is 3.25. The molecule has 144 valence electrons. The molecule has 0 aliphatic heterocycles. The van der Waals surface area contributed by atoms with Gasteiger partial charge in [0.25, 0.3) is 5.89 Å². The highest BCUT2D eigenvalue weighted by atomic mass is 32.1. The standard InChI is InChI=1S/C20H16N6O2S/c1-12-17(20-22-18(24-28-20)16-9-6-10-29-16)23-25-26(12)11-15-13(2)27-19(21-15)14-7-4-3-5-8-14/h3-10H,11H2,1-2H3. The van der Waals surface area contributed by atoms with Gasteiger partial charge in [0.1, 0.15) is 11.5 Å². The number of oxazole rings is 1. The Morgan fingerprint density at radius 3 is 2.66 bits per heavy atom. The van der Waals surface area contributed by atoms with Crippen LogP contribution in [0.25, 0.3) is 33.7 Å². The van der Waals surface area contributed by atoms with Crippen LogP contribution in [0.1, 0.15) is 17.1 Å². The van der Waals surface area contributed by atoms with Crippen LogP contribution in [0.15, 0.2) is 56.8 Å². The number of hydrogen-bond acceptors (Lipinski definition) is 8. The van der Waals surface area contributed by atoms with Gasteiger partial charge in [-0.25, -0.2) is 9.67 Å². The van der Waals surface area contributed by atoms with E-state index < -0.39 is 0 Å². The minimum atomic E-state index is 0.346. The molecule has 4 heterocycles. The van der Waals surface area contributed by atoms with E-state index in [0.717, 1.165) is 27.6 Å². The number of benzene rings is 1. The molecule has 0 amide bonds. The van der Waals surface area contributed by atoms with E-state index in [1.165, 1.54) is 0 Å². The van der Waals surface area contributed by atoms with E-state index in [2.05, 4.69) is 25.4 Å². The molecule has 0 atom stereocenters. The van der Waals surface area contributed by atoms with Crippen LogP contribution < -0.4 is 0 Å². The van der Waals surface area contributed by atoms with E-state index in [0.29, 0.717) is 29.8 Å². The second-order valence-electron chi connectivity index (χ2n) is 6.47. The van der Waals surface area contributed by atoms with Crippen molar-refractivity contribution in [3.8, 4) is 33.7 Å². The van der Waals surface area contributed by atoms with Gasteiger partial charge in [0.05, 0.1) is 17.1 Å². The molecule has 0 radical (unpaired) electrons. The van der Waals surface area contributed by atoms with Crippen LogP contribution in [0.4, 0.5) is 0 Å². The van der Waals surface area contributed by atoms with Gasteiger partial charge in [-0.05, 0) is 37.4 Å². The van der Waals surface area contributed by atoms with Crippen LogP contribution in [0.3, 0.4) is 0 Å². The van der Waals surface area contributed by atoms with Crippen LogP contribution >= 0.6 is 11.3 Å². The Hall–Kier alpha value is -3.59. The van der Waals surface area contributed by atoms with Crippen molar-refractivity contribution in [3.63, 3.8) is 0 Å². The summed E-state index contributed by atoms with van der Waals surface area (Å²) in [6.07, 6.45) is 0. The van der Waals surface area contributed by atoms with Gasteiger partial charge in [-0.3, -0.25) is 0 Å². The number of nitrogens with zero attached hydrogens (tertiary/aromatic N) is 6. The molecule has 29 heavy (non-hydrogen) atoms. The molecule has 5 aromatic rings. The monoisotopic (exact) mass is 404 g/mol. The smallest absolute Gasteiger partial charge is 0.280 e. The lowest BCUT2D eigenvalue weighted by molar-refractivity contribution is 0.431. The molecule has 8 nitrogen and oxygen atoms in total. The highest BCUT2D eigenvalue weighted by Crippen LogP contribution is 2.26. The highest BCUT2D eigenvalue weighted by Gasteiger charge is 2.20. The molecule has 1 aromatic carbocycles.